The minimum atomic E-state index is -3.65. The maximum Gasteiger partial charge on any atom is 0.253 e. The number of carbonyl (C=O) groups excluding carboxylic acids is 1. The Kier molecular flexibility index (Phi) is 7.28. The van der Waals surface area contributed by atoms with Gasteiger partial charge in [0, 0.05) is 58.0 Å². The predicted octanol–water partition coefficient (Wildman–Crippen LogP) is 1.21. The zero-order valence-electron chi connectivity index (χ0n) is 18.3. The van der Waals surface area contributed by atoms with E-state index in [9.17, 15) is 13.2 Å². The van der Waals surface area contributed by atoms with Crippen molar-refractivity contribution in [3.05, 3.63) is 29.3 Å². The lowest BCUT2D eigenvalue weighted by Gasteiger charge is -2.35. The van der Waals surface area contributed by atoms with Crippen molar-refractivity contribution >= 4 is 15.9 Å². The molecule has 0 aliphatic carbocycles. The molecular formula is C22H33N3O5S. The number of ether oxygens (including phenoxy) is 2. The lowest BCUT2D eigenvalue weighted by Crippen LogP contribution is -2.50. The molecule has 3 fully saturated rings. The summed E-state index contributed by atoms with van der Waals surface area (Å²) in [5.74, 6) is -0.0992. The van der Waals surface area contributed by atoms with Crippen LogP contribution in [0.4, 0.5) is 0 Å². The molecule has 1 amide bonds. The highest BCUT2D eigenvalue weighted by atomic mass is 32.2. The standard InChI is InChI=1S/C22H33N3O5S/c1-2-18-5-6-19(16-21(18)31(27,28)25-11-14-29-15-12-25)22(26)24-9-7-23(8-10-24)17-20-4-3-13-30-20/h5-6,16,20H,2-4,7-15,17H2,1H3. The van der Waals surface area contributed by atoms with E-state index in [4.69, 9.17) is 9.47 Å². The molecule has 172 valence electrons. The van der Waals surface area contributed by atoms with E-state index in [0.29, 0.717) is 57.5 Å². The quantitative estimate of drug-likeness (QED) is 0.647. The van der Waals surface area contributed by atoms with Crippen LogP contribution >= 0.6 is 0 Å². The molecule has 3 heterocycles. The number of hydrogen-bond donors (Lipinski definition) is 0. The van der Waals surface area contributed by atoms with Crippen LogP contribution in [0.5, 0.6) is 0 Å². The Bertz CT molecular complexity index is 871. The molecule has 0 N–H and O–H groups in total. The maximum atomic E-state index is 13.3. The summed E-state index contributed by atoms with van der Waals surface area (Å²) in [7, 11) is -3.65. The van der Waals surface area contributed by atoms with Gasteiger partial charge < -0.3 is 14.4 Å². The van der Waals surface area contributed by atoms with E-state index in [-0.39, 0.29) is 10.8 Å². The number of carbonyl (C=O) groups is 1. The molecule has 3 aliphatic heterocycles. The van der Waals surface area contributed by atoms with Crippen LogP contribution in [0.1, 0.15) is 35.7 Å². The lowest BCUT2D eigenvalue weighted by molar-refractivity contribution is 0.0432. The monoisotopic (exact) mass is 451 g/mol. The molecule has 31 heavy (non-hydrogen) atoms. The highest BCUT2D eigenvalue weighted by Gasteiger charge is 2.30. The van der Waals surface area contributed by atoms with Crippen LogP contribution in [-0.4, -0.2) is 100 Å². The predicted molar refractivity (Wildman–Crippen MR) is 117 cm³/mol. The van der Waals surface area contributed by atoms with E-state index >= 15 is 0 Å². The van der Waals surface area contributed by atoms with Crippen LogP contribution in [0, 0.1) is 0 Å². The van der Waals surface area contributed by atoms with Gasteiger partial charge in [0.2, 0.25) is 10.0 Å². The van der Waals surface area contributed by atoms with E-state index in [0.717, 1.165) is 44.6 Å². The van der Waals surface area contributed by atoms with Gasteiger partial charge in [-0.3, -0.25) is 9.69 Å². The van der Waals surface area contributed by atoms with Crippen LogP contribution in [0.2, 0.25) is 0 Å². The highest BCUT2D eigenvalue weighted by molar-refractivity contribution is 7.89. The first-order valence-electron chi connectivity index (χ1n) is 11.3. The summed E-state index contributed by atoms with van der Waals surface area (Å²) < 4.78 is 39.0. The number of hydrogen-bond acceptors (Lipinski definition) is 6. The molecule has 3 saturated heterocycles. The van der Waals surface area contributed by atoms with Gasteiger partial charge in [0.15, 0.2) is 0 Å². The molecule has 1 aromatic carbocycles. The Hall–Kier alpha value is -1.52. The van der Waals surface area contributed by atoms with E-state index in [1.165, 1.54) is 4.31 Å². The number of rotatable bonds is 6. The number of piperazine rings is 1. The van der Waals surface area contributed by atoms with Crippen LogP contribution < -0.4 is 0 Å². The van der Waals surface area contributed by atoms with Gasteiger partial charge in [-0.05, 0) is 37.0 Å². The van der Waals surface area contributed by atoms with Crippen LogP contribution in [0.25, 0.3) is 0 Å². The third-order valence-electron chi connectivity index (χ3n) is 6.43. The first-order valence-corrected chi connectivity index (χ1v) is 12.8. The van der Waals surface area contributed by atoms with E-state index in [1.807, 2.05) is 11.8 Å². The van der Waals surface area contributed by atoms with Gasteiger partial charge in [-0.15, -0.1) is 0 Å². The summed E-state index contributed by atoms with van der Waals surface area (Å²) in [6, 6.07) is 5.12. The van der Waals surface area contributed by atoms with E-state index < -0.39 is 10.0 Å². The topological polar surface area (TPSA) is 79.4 Å². The molecule has 3 aliphatic rings. The smallest absolute Gasteiger partial charge is 0.253 e. The number of sulfonamides is 1. The third kappa shape index (κ3) is 5.12. The Labute approximate surface area is 185 Å². The van der Waals surface area contributed by atoms with Crippen LogP contribution in [0.15, 0.2) is 23.1 Å². The second-order valence-corrected chi connectivity index (χ2v) is 10.3. The van der Waals surface area contributed by atoms with Crippen molar-refractivity contribution < 1.29 is 22.7 Å². The fraction of sp³-hybridized carbons (Fsp3) is 0.682. The molecule has 9 heteroatoms. The largest absolute Gasteiger partial charge is 0.379 e. The first-order chi connectivity index (χ1) is 15.0. The van der Waals surface area contributed by atoms with E-state index in [2.05, 4.69) is 4.90 Å². The van der Waals surface area contributed by atoms with Crippen molar-refractivity contribution in [1.29, 1.82) is 0 Å². The number of aryl methyl sites for hydroxylation is 1. The minimum Gasteiger partial charge on any atom is -0.379 e. The molecular weight excluding hydrogens is 418 g/mol. The van der Waals surface area contributed by atoms with Gasteiger partial charge in [0.25, 0.3) is 5.91 Å². The van der Waals surface area contributed by atoms with Gasteiger partial charge in [0.1, 0.15) is 0 Å². The molecule has 1 aromatic rings. The van der Waals surface area contributed by atoms with Crippen molar-refractivity contribution in [3.8, 4) is 0 Å². The van der Waals surface area contributed by atoms with Gasteiger partial charge in [0.05, 0.1) is 24.2 Å². The van der Waals surface area contributed by atoms with Gasteiger partial charge >= 0.3 is 0 Å². The van der Waals surface area contributed by atoms with Crippen LogP contribution in [0.3, 0.4) is 0 Å². The van der Waals surface area contributed by atoms with Crippen LogP contribution in [-0.2, 0) is 25.9 Å². The summed E-state index contributed by atoms with van der Waals surface area (Å²) in [5.41, 5.74) is 1.18. The molecule has 8 nitrogen and oxygen atoms in total. The zero-order valence-corrected chi connectivity index (χ0v) is 19.1. The molecule has 1 unspecified atom stereocenters. The Morgan fingerprint density at radius 3 is 2.45 bits per heavy atom. The molecule has 0 aromatic heterocycles. The summed E-state index contributed by atoms with van der Waals surface area (Å²) in [4.78, 5) is 17.6. The fourth-order valence-corrected chi connectivity index (χ4v) is 6.27. The van der Waals surface area contributed by atoms with Gasteiger partial charge in [-0.1, -0.05) is 13.0 Å². The Morgan fingerprint density at radius 2 is 1.81 bits per heavy atom. The zero-order chi connectivity index (χ0) is 21.8. The average Bonchev–Trinajstić information content (AvgIpc) is 3.32. The second kappa shape index (κ2) is 9.95. The normalized spacial score (nSPS) is 23.9. The van der Waals surface area contributed by atoms with Crippen molar-refractivity contribution in [2.45, 2.75) is 37.2 Å². The summed E-state index contributed by atoms with van der Waals surface area (Å²) in [5, 5.41) is 0. The number of morpholine rings is 1. The Morgan fingerprint density at radius 1 is 1.06 bits per heavy atom. The average molecular weight is 452 g/mol. The summed E-state index contributed by atoms with van der Waals surface area (Å²) in [6.45, 7) is 8.12. The molecule has 0 saturated carbocycles. The highest BCUT2D eigenvalue weighted by Crippen LogP contribution is 2.24. The molecule has 0 spiro atoms. The SMILES string of the molecule is CCc1ccc(C(=O)N2CCN(CC3CCCO3)CC2)cc1S(=O)(=O)N1CCOCC1. The summed E-state index contributed by atoms with van der Waals surface area (Å²) >= 11 is 0. The number of nitrogens with zero attached hydrogens (tertiary/aromatic N) is 3. The fourth-order valence-electron chi connectivity index (χ4n) is 4.54. The van der Waals surface area contributed by atoms with Crippen molar-refractivity contribution in [3.63, 3.8) is 0 Å². The molecule has 1 atom stereocenters. The number of benzene rings is 1. The minimum absolute atomic E-state index is 0.0992. The van der Waals surface area contributed by atoms with Gasteiger partial charge in [-0.2, -0.15) is 4.31 Å². The molecule has 4 rings (SSSR count). The maximum absolute atomic E-state index is 13.3. The Balaban J connectivity index is 1.45. The lowest BCUT2D eigenvalue weighted by atomic mass is 10.1. The van der Waals surface area contributed by atoms with Crippen molar-refractivity contribution in [1.82, 2.24) is 14.1 Å². The second-order valence-electron chi connectivity index (χ2n) is 8.42. The number of amides is 1. The van der Waals surface area contributed by atoms with E-state index in [1.54, 1.807) is 18.2 Å². The molecule has 0 radical (unpaired) electrons. The van der Waals surface area contributed by atoms with Crippen molar-refractivity contribution in [2.24, 2.45) is 0 Å². The van der Waals surface area contributed by atoms with Gasteiger partial charge in [-0.25, -0.2) is 8.42 Å². The summed E-state index contributed by atoms with van der Waals surface area (Å²) in [6.07, 6.45) is 3.15. The van der Waals surface area contributed by atoms with Crippen molar-refractivity contribution in [2.75, 3.05) is 65.6 Å². The first kappa shape index (κ1) is 22.7. The molecule has 0 bridgehead atoms. The third-order valence-corrected chi connectivity index (χ3v) is 8.41.